The molecule has 5 heteroatoms. The molecule has 0 aliphatic rings. The Morgan fingerprint density at radius 3 is 2.82 bits per heavy atom. The SMILES string of the molecule is CCCC(C)OC(=O)c1cc(N)c(F)cc1Br. The highest BCUT2D eigenvalue weighted by Gasteiger charge is 2.16. The van der Waals surface area contributed by atoms with Crippen molar-refractivity contribution in [1.29, 1.82) is 0 Å². The number of anilines is 1. The van der Waals surface area contributed by atoms with Gasteiger partial charge in [0.2, 0.25) is 0 Å². The lowest BCUT2D eigenvalue weighted by Gasteiger charge is -2.13. The van der Waals surface area contributed by atoms with E-state index < -0.39 is 11.8 Å². The summed E-state index contributed by atoms with van der Waals surface area (Å²) in [5.74, 6) is -1.06. The third-order valence-corrected chi connectivity index (χ3v) is 2.97. The van der Waals surface area contributed by atoms with Crippen LogP contribution in [0, 0.1) is 5.82 Å². The van der Waals surface area contributed by atoms with Crippen molar-refractivity contribution in [3.63, 3.8) is 0 Å². The normalized spacial score (nSPS) is 12.2. The largest absolute Gasteiger partial charge is 0.459 e. The molecular weight excluding hydrogens is 289 g/mol. The second-order valence-corrected chi connectivity index (χ2v) is 4.71. The molecule has 1 aromatic carbocycles. The second kappa shape index (κ2) is 6.00. The number of hydrogen-bond donors (Lipinski definition) is 1. The van der Waals surface area contributed by atoms with Crippen LogP contribution in [0.1, 0.15) is 37.0 Å². The molecule has 0 fully saturated rings. The number of esters is 1. The van der Waals surface area contributed by atoms with E-state index in [-0.39, 0.29) is 17.4 Å². The maximum Gasteiger partial charge on any atom is 0.339 e. The van der Waals surface area contributed by atoms with E-state index in [1.54, 1.807) is 0 Å². The highest BCUT2D eigenvalue weighted by molar-refractivity contribution is 9.10. The Labute approximate surface area is 108 Å². The van der Waals surface area contributed by atoms with Gasteiger partial charge >= 0.3 is 5.97 Å². The summed E-state index contributed by atoms with van der Waals surface area (Å²) < 4.78 is 18.6. The zero-order valence-corrected chi connectivity index (χ0v) is 11.4. The Bertz CT molecular complexity index is 423. The monoisotopic (exact) mass is 303 g/mol. The van der Waals surface area contributed by atoms with E-state index in [9.17, 15) is 9.18 Å². The van der Waals surface area contributed by atoms with Crippen LogP contribution in [-0.2, 0) is 4.74 Å². The third kappa shape index (κ3) is 3.70. The molecule has 0 aliphatic heterocycles. The summed E-state index contributed by atoms with van der Waals surface area (Å²) in [6.07, 6.45) is 1.56. The van der Waals surface area contributed by atoms with Gasteiger partial charge in [-0.25, -0.2) is 9.18 Å². The fourth-order valence-electron chi connectivity index (χ4n) is 1.43. The fourth-order valence-corrected chi connectivity index (χ4v) is 1.91. The van der Waals surface area contributed by atoms with Crippen LogP contribution in [0.5, 0.6) is 0 Å². The maximum absolute atomic E-state index is 13.1. The number of carbonyl (C=O) groups excluding carboxylic acids is 1. The zero-order chi connectivity index (χ0) is 13.0. The van der Waals surface area contributed by atoms with E-state index in [2.05, 4.69) is 15.9 Å². The van der Waals surface area contributed by atoms with Gasteiger partial charge in [-0.15, -0.1) is 0 Å². The lowest BCUT2D eigenvalue weighted by Crippen LogP contribution is -2.15. The van der Waals surface area contributed by atoms with E-state index in [1.807, 2.05) is 13.8 Å². The van der Waals surface area contributed by atoms with E-state index in [1.165, 1.54) is 6.07 Å². The summed E-state index contributed by atoms with van der Waals surface area (Å²) in [4.78, 5) is 11.8. The Balaban J connectivity index is 2.86. The molecule has 0 aromatic heterocycles. The quantitative estimate of drug-likeness (QED) is 0.684. The minimum Gasteiger partial charge on any atom is -0.459 e. The van der Waals surface area contributed by atoms with Gasteiger partial charge in [0.05, 0.1) is 17.4 Å². The van der Waals surface area contributed by atoms with Crippen LogP contribution < -0.4 is 5.73 Å². The van der Waals surface area contributed by atoms with Crippen molar-refractivity contribution >= 4 is 27.6 Å². The molecule has 1 aromatic rings. The van der Waals surface area contributed by atoms with Crippen LogP contribution in [0.3, 0.4) is 0 Å². The number of hydrogen-bond acceptors (Lipinski definition) is 3. The fraction of sp³-hybridized carbons (Fsp3) is 0.417. The highest BCUT2D eigenvalue weighted by Crippen LogP contribution is 2.24. The molecule has 0 heterocycles. The topological polar surface area (TPSA) is 52.3 Å². The molecule has 0 spiro atoms. The molecular formula is C12H15BrFNO2. The van der Waals surface area contributed by atoms with Crippen molar-refractivity contribution in [2.24, 2.45) is 0 Å². The zero-order valence-electron chi connectivity index (χ0n) is 9.80. The first-order valence-corrected chi connectivity index (χ1v) is 6.20. The van der Waals surface area contributed by atoms with Gasteiger partial charge in [0, 0.05) is 4.47 Å². The average Bonchev–Trinajstić information content (AvgIpc) is 2.23. The lowest BCUT2D eigenvalue weighted by molar-refractivity contribution is 0.0322. The first-order chi connectivity index (χ1) is 7.95. The molecule has 1 unspecified atom stereocenters. The van der Waals surface area contributed by atoms with E-state index in [0.717, 1.165) is 18.9 Å². The molecule has 0 saturated heterocycles. The second-order valence-electron chi connectivity index (χ2n) is 3.86. The minimum absolute atomic E-state index is 0.0664. The number of halogens is 2. The molecule has 0 saturated carbocycles. The molecule has 94 valence electrons. The van der Waals surface area contributed by atoms with Crippen LogP contribution in [0.4, 0.5) is 10.1 Å². The first kappa shape index (κ1) is 14.0. The number of rotatable bonds is 4. The average molecular weight is 304 g/mol. The minimum atomic E-state index is -0.560. The lowest BCUT2D eigenvalue weighted by atomic mass is 10.2. The summed E-state index contributed by atoms with van der Waals surface area (Å²) >= 11 is 3.11. The van der Waals surface area contributed by atoms with Crippen LogP contribution in [0.25, 0.3) is 0 Å². The summed E-state index contributed by atoms with van der Waals surface area (Å²) in [5.41, 5.74) is 5.59. The highest BCUT2D eigenvalue weighted by atomic mass is 79.9. The van der Waals surface area contributed by atoms with Crippen molar-refractivity contribution in [2.45, 2.75) is 32.8 Å². The van der Waals surface area contributed by atoms with Gasteiger partial charge in [-0.3, -0.25) is 0 Å². The van der Waals surface area contributed by atoms with Gasteiger partial charge < -0.3 is 10.5 Å². The van der Waals surface area contributed by atoms with Gasteiger partial charge in [-0.1, -0.05) is 13.3 Å². The predicted octanol–water partition coefficient (Wildman–Crippen LogP) is 3.52. The van der Waals surface area contributed by atoms with Crippen LogP contribution >= 0.6 is 15.9 Å². The van der Waals surface area contributed by atoms with Gasteiger partial charge in [-0.2, -0.15) is 0 Å². The van der Waals surface area contributed by atoms with Crippen molar-refractivity contribution in [3.8, 4) is 0 Å². The Morgan fingerprint density at radius 1 is 1.59 bits per heavy atom. The predicted molar refractivity (Wildman–Crippen MR) is 68.3 cm³/mol. The molecule has 1 atom stereocenters. The summed E-state index contributed by atoms with van der Waals surface area (Å²) in [7, 11) is 0. The van der Waals surface area contributed by atoms with Crippen LogP contribution in [-0.4, -0.2) is 12.1 Å². The molecule has 1 rings (SSSR count). The van der Waals surface area contributed by atoms with Crippen molar-refractivity contribution in [2.75, 3.05) is 5.73 Å². The maximum atomic E-state index is 13.1. The number of ether oxygens (including phenoxy) is 1. The van der Waals surface area contributed by atoms with Gasteiger partial charge in [-0.05, 0) is 41.4 Å². The van der Waals surface area contributed by atoms with E-state index in [4.69, 9.17) is 10.5 Å². The Morgan fingerprint density at radius 2 is 2.24 bits per heavy atom. The molecule has 0 amide bonds. The number of nitrogen functional groups attached to an aromatic ring is 1. The summed E-state index contributed by atoms with van der Waals surface area (Å²) in [6, 6.07) is 2.44. The first-order valence-electron chi connectivity index (χ1n) is 5.41. The van der Waals surface area contributed by atoms with E-state index in [0.29, 0.717) is 4.47 Å². The Hall–Kier alpha value is -1.10. The van der Waals surface area contributed by atoms with Crippen molar-refractivity contribution in [1.82, 2.24) is 0 Å². The van der Waals surface area contributed by atoms with Gasteiger partial charge in [0.1, 0.15) is 5.82 Å². The standard InChI is InChI=1S/C12H15BrFNO2/c1-3-4-7(2)17-12(16)8-5-11(15)10(14)6-9(8)13/h5-7H,3-4,15H2,1-2H3. The molecule has 17 heavy (non-hydrogen) atoms. The van der Waals surface area contributed by atoms with Gasteiger partial charge in [0.25, 0.3) is 0 Å². The summed E-state index contributed by atoms with van der Waals surface area (Å²) in [5, 5.41) is 0. The molecule has 0 radical (unpaired) electrons. The van der Waals surface area contributed by atoms with E-state index >= 15 is 0 Å². The Kier molecular flexibility index (Phi) is 4.93. The smallest absolute Gasteiger partial charge is 0.339 e. The van der Waals surface area contributed by atoms with Crippen molar-refractivity contribution < 1.29 is 13.9 Å². The molecule has 0 bridgehead atoms. The third-order valence-electron chi connectivity index (χ3n) is 2.31. The van der Waals surface area contributed by atoms with Crippen molar-refractivity contribution in [3.05, 3.63) is 28.0 Å². The molecule has 2 N–H and O–H groups in total. The number of benzene rings is 1. The molecule has 0 aliphatic carbocycles. The van der Waals surface area contributed by atoms with Gasteiger partial charge in [0.15, 0.2) is 0 Å². The number of nitrogens with two attached hydrogens (primary N) is 1. The summed E-state index contributed by atoms with van der Waals surface area (Å²) in [6.45, 7) is 3.83. The molecule has 3 nitrogen and oxygen atoms in total. The number of carbonyl (C=O) groups is 1. The van der Waals surface area contributed by atoms with Crippen LogP contribution in [0.15, 0.2) is 16.6 Å². The van der Waals surface area contributed by atoms with Crippen LogP contribution in [0.2, 0.25) is 0 Å².